The third kappa shape index (κ3) is 2.19. The minimum absolute atomic E-state index is 0.00940. The second-order valence-electron chi connectivity index (χ2n) is 6.28. The molecule has 24 heavy (non-hydrogen) atoms. The van der Waals surface area contributed by atoms with Crippen LogP contribution in [0.5, 0.6) is 0 Å². The molecule has 1 aliphatic carbocycles. The number of fused-ring (bicyclic) bond motifs is 2. The zero-order valence-electron chi connectivity index (χ0n) is 13.1. The Labute approximate surface area is 136 Å². The summed E-state index contributed by atoms with van der Waals surface area (Å²) in [6.07, 6.45) is -0.679. The van der Waals surface area contributed by atoms with E-state index in [0.717, 1.165) is 16.6 Å². The summed E-state index contributed by atoms with van der Waals surface area (Å²) < 4.78 is 28.4. The van der Waals surface area contributed by atoms with Crippen molar-refractivity contribution in [1.29, 1.82) is 0 Å². The van der Waals surface area contributed by atoms with Gasteiger partial charge < -0.3 is 10.7 Å². The van der Waals surface area contributed by atoms with Gasteiger partial charge in [-0.3, -0.25) is 4.79 Å². The van der Waals surface area contributed by atoms with E-state index in [1.807, 2.05) is 19.1 Å². The molecule has 0 spiro atoms. The van der Waals surface area contributed by atoms with E-state index in [4.69, 9.17) is 5.73 Å². The number of halogens is 2. The van der Waals surface area contributed by atoms with Gasteiger partial charge in [-0.1, -0.05) is 6.07 Å². The second-order valence-corrected chi connectivity index (χ2v) is 6.28. The largest absolute Gasteiger partial charge is 0.382 e. The molecule has 0 atom stereocenters. The molecule has 0 fully saturated rings. The van der Waals surface area contributed by atoms with Gasteiger partial charge in [0.05, 0.1) is 11.3 Å². The number of carbonyl (C=O) groups is 1. The first-order valence-electron chi connectivity index (χ1n) is 7.73. The van der Waals surface area contributed by atoms with E-state index in [-0.39, 0.29) is 30.1 Å². The molecule has 2 aromatic heterocycles. The van der Waals surface area contributed by atoms with Gasteiger partial charge >= 0.3 is 0 Å². The number of carbonyl (C=O) groups excluding carboxylic acids is 1. The minimum Gasteiger partial charge on any atom is -0.382 e. The van der Waals surface area contributed by atoms with Crippen LogP contribution in [-0.4, -0.2) is 26.6 Å². The van der Waals surface area contributed by atoms with Gasteiger partial charge in [0.25, 0.3) is 11.8 Å². The summed E-state index contributed by atoms with van der Waals surface area (Å²) in [6.45, 7) is 1.91. The number of nitrogens with zero attached hydrogens (tertiary/aromatic N) is 2. The summed E-state index contributed by atoms with van der Waals surface area (Å²) in [5.41, 5.74) is 8.83. The number of rotatable bonds is 1. The van der Waals surface area contributed by atoms with Crippen molar-refractivity contribution in [1.82, 2.24) is 14.8 Å². The zero-order chi connectivity index (χ0) is 17.1. The molecule has 0 aliphatic heterocycles. The highest BCUT2D eigenvalue weighted by molar-refractivity contribution is 6.07. The van der Waals surface area contributed by atoms with Crippen molar-refractivity contribution >= 4 is 22.6 Å². The smallest absolute Gasteiger partial charge is 0.279 e. The number of anilines is 1. The molecular weight excluding hydrogens is 314 g/mol. The lowest BCUT2D eigenvalue weighted by Gasteiger charge is -2.22. The number of nitrogens with two attached hydrogens (primary N) is 1. The second kappa shape index (κ2) is 4.90. The van der Waals surface area contributed by atoms with E-state index in [9.17, 15) is 13.6 Å². The minimum atomic E-state index is -2.80. The van der Waals surface area contributed by atoms with Crippen LogP contribution in [-0.2, 0) is 12.8 Å². The lowest BCUT2D eigenvalue weighted by molar-refractivity contribution is -0.0126. The van der Waals surface area contributed by atoms with Crippen molar-refractivity contribution in [2.75, 3.05) is 5.73 Å². The number of aromatic nitrogens is 3. The fourth-order valence-corrected chi connectivity index (χ4v) is 3.37. The number of nitrogens with one attached hydrogen (secondary N) is 1. The number of hydrogen-bond acceptors (Lipinski definition) is 3. The standard InChI is InChI=1S/C17H16F2N4O/c1-9-7-11-10(3-2-4-13(11)21-9)16(24)23-14-5-6-17(18,19)8-12(14)15(20)22-23/h2-4,7,21H,5-6,8H2,1H3,(H2,20,22). The number of aryl methyl sites for hydroxylation is 1. The summed E-state index contributed by atoms with van der Waals surface area (Å²) in [5.74, 6) is -3.14. The molecule has 0 amide bonds. The SMILES string of the molecule is Cc1cc2c(C(=O)n3nc(N)c4c3CCC(F)(F)C4)cccc2[nH]1. The molecule has 0 unspecified atom stereocenters. The highest BCUT2D eigenvalue weighted by Crippen LogP contribution is 2.36. The molecular formula is C17H16F2N4O. The average Bonchev–Trinajstić information content (AvgIpc) is 3.05. The predicted octanol–water partition coefficient (Wildman–Crippen LogP) is 3.07. The van der Waals surface area contributed by atoms with Crippen molar-refractivity contribution in [3.63, 3.8) is 0 Å². The summed E-state index contributed by atoms with van der Waals surface area (Å²) in [7, 11) is 0. The lowest BCUT2D eigenvalue weighted by Crippen LogP contribution is -2.28. The number of aromatic amines is 1. The summed E-state index contributed by atoms with van der Waals surface area (Å²) in [4.78, 5) is 16.1. The van der Waals surface area contributed by atoms with Crippen LogP contribution in [0.2, 0.25) is 0 Å². The first-order chi connectivity index (χ1) is 11.4. The Balaban J connectivity index is 1.84. The van der Waals surface area contributed by atoms with Crippen LogP contribution in [0.4, 0.5) is 14.6 Å². The maximum absolute atomic E-state index is 13.6. The number of benzene rings is 1. The average molecular weight is 330 g/mol. The van der Waals surface area contributed by atoms with Crippen molar-refractivity contribution < 1.29 is 13.6 Å². The molecule has 1 aromatic carbocycles. The van der Waals surface area contributed by atoms with Gasteiger partial charge in [-0.15, -0.1) is 5.10 Å². The van der Waals surface area contributed by atoms with Crippen molar-refractivity contribution in [3.8, 4) is 0 Å². The van der Waals surface area contributed by atoms with Gasteiger partial charge in [0.1, 0.15) is 5.82 Å². The fourth-order valence-electron chi connectivity index (χ4n) is 3.37. The van der Waals surface area contributed by atoms with Crippen molar-refractivity contribution in [3.05, 3.63) is 46.8 Å². The highest BCUT2D eigenvalue weighted by atomic mass is 19.3. The molecule has 3 N–H and O–H groups in total. The molecule has 7 heteroatoms. The Morgan fingerprint density at radius 2 is 2.21 bits per heavy atom. The van der Waals surface area contributed by atoms with Gasteiger partial charge in [0.15, 0.2) is 0 Å². The molecule has 5 nitrogen and oxygen atoms in total. The van der Waals surface area contributed by atoms with E-state index < -0.39 is 12.3 Å². The number of hydrogen-bond donors (Lipinski definition) is 2. The first-order valence-corrected chi connectivity index (χ1v) is 7.73. The molecule has 0 radical (unpaired) electrons. The van der Waals surface area contributed by atoms with Gasteiger partial charge in [-0.05, 0) is 31.5 Å². The van der Waals surface area contributed by atoms with E-state index >= 15 is 0 Å². The fraction of sp³-hybridized carbons (Fsp3) is 0.294. The van der Waals surface area contributed by atoms with Crippen LogP contribution in [0.15, 0.2) is 24.3 Å². The van der Waals surface area contributed by atoms with Gasteiger partial charge in [-0.2, -0.15) is 4.68 Å². The number of alkyl halides is 2. The van der Waals surface area contributed by atoms with E-state index in [0.29, 0.717) is 11.3 Å². The van der Waals surface area contributed by atoms with Gasteiger partial charge in [0, 0.05) is 35.0 Å². The summed E-state index contributed by atoms with van der Waals surface area (Å²) in [5, 5.41) is 4.83. The molecule has 4 rings (SSSR count). The van der Waals surface area contributed by atoms with E-state index in [2.05, 4.69) is 10.1 Å². The maximum atomic E-state index is 13.6. The molecule has 2 heterocycles. The quantitative estimate of drug-likeness (QED) is 0.720. The lowest BCUT2D eigenvalue weighted by atomic mass is 9.94. The Bertz CT molecular complexity index is 971. The Hall–Kier alpha value is -2.70. The zero-order valence-corrected chi connectivity index (χ0v) is 13.1. The van der Waals surface area contributed by atoms with Crippen LogP contribution in [0.25, 0.3) is 10.9 Å². The van der Waals surface area contributed by atoms with Crippen molar-refractivity contribution in [2.45, 2.75) is 32.1 Å². The highest BCUT2D eigenvalue weighted by Gasteiger charge is 2.38. The molecule has 0 saturated heterocycles. The van der Waals surface area contributed by atoms with Crippen LogP contribution in [0.3, 0.4) is 0 Å². The molecule has 124 valence electrons. The monoisotopic (exact) mass is 330 g/mol. The van der Waals surface area contributed by atoms with Crippen molar-refractivity contribution in [2.24, 2.45) is 0 Å². The molecule has 0 saturated carbocycles. The molecule has 3 aromatic rings. The first kappa shape index (κ1) is 14.9. The maximum Gasteiger partial charge on any atom is 0.279 e. The normalized spacial score (nSPS) is 16.3. The van der Waals surface area contributed by atoms with Crippen LogP contribution in [0, 0.1) is 6.92 Å². The molecule has 0 bridgehead atoms. The third-order valence-electron chi connectivity index (χ3n) is 4.51. The van der Waals surface area contributed by atoms with Gasteiger partial charge in [0.2, 0.25) is 0 Å². The Morgan fingerprint density at radius 3 is 3.00 bits per heavy atom. The number of H-pyrrole nitrogens is 1. The summed E-state index contributed by atoms with van der Waals surface area (Å²) in [6, 6.07) is 7.25. The molecule has 1 aliphatic rings. The van der Waals surface area contributed by atoms with Gasteiger partial charge in [-0.25, -0.2) is 8.78 Å². The van der Waals surface area contributed by atoms with Crippen LogP contribution >= 0.6 is 0 Å². The Morgan fingerprint density at radius 1 is 1.42 bits per heavy atom. The van der Waals surface area contributed by atoms with E-state index in [1.165, 1.54) is 4.68 Å². The topological polar surface area (TPSA) is 76.7 Å². The predicted molar refractivity (Wildman–Crippen MR) is 86.4 cm³/mol. The Kier molecular flexibility index (Phi) is 3.03. The number of nitrogen functional groups attached to an aromatic ring is 1. The summed E-state index contributed by atoms with van der Waals surface area (Å²) >= 11 is 0. The van der Waals surface area contributed by atoms with Crippen LogP contribution in [0.1, 0.15) is 33.7 Å². The third-order valence-corrected chi connectivity index (χ3v) is 4.51. The van der Waals surface area contributed by atoms with Crippen LogP contribution < -0.4 is 5.73 Å². The van der Waals surface area contributed by atoms with E-state index in [1.54, 1.807) is 12.1 Å².